The Balaban J connectivity index is 2.54. The molecule has 1 rings (SSSR count). The first-order valence-corrected chi connectivity index (χ1v) is 5.92. The highest BCUT2D eigenvalue weighted by atomic mass is 16.5. The second kappa shape index (κ2) is 6.24. The maximum atomic E-state index is 11.6. The predicted octanol–water partition coefficient (Wildman–Crippen LogP) is 0.948. The summed E-state index contributed by atoms with van der Waals surface area (Å²) in [6.45, 7) is 4.80. The molecule has 1 unspecified atom stereocenters. The molecule has 5 nitrogen and oxygen atoms in total. The molecule has 0 saturated carbocycles. The van der Waals surface area contributed by atoms with Crippen molar-refractivity contribution < 1.29 is 14.3 Å². The van der Waals surface area contributed by atoms with Crippen molar-refractivity contribution in [3.05, 3.63) is 0 Å². The molecule has 0 radical (unpaired) electrons. The van der Waals surface area contributed by atoms with Crippen LogP contribution < -0.4 is 0 Å². The van der Waals surface area contributed by atoms with Gasteiger partial charge in [0.25, 0.3) is 0 Å². The molecule has 0 aromatic rings. The summed E-state index contributed by atoms with van der Waals surface area (Å²) in [5.74, 6) is -1.07. The third kappa shape index (κ3) is 3.45. The summed E-state index contributed by atoms with van der Waals surface area (Å²) in [5, 5.41) is 9.02. The Morgan fingerprint density at radius 2 is 2.06 bits per heavy atom. The lowest BCUT2D eigenvalue weighted by Crippen LogP contribution is -2.40. The first-order valence-electron chi connectivity index (χ1n) is 5.92. The number of carbonyl (C=O) groups is 2. The van der Waals surface area contributed by atoms with E-state index in [0.29, 0.717) is 32.5 Å². The number of hydrogen-bond acceptors (Lipinski definition) is 4. The lowest BCUT2D eigenvalue weighted by atomic mass is 9.85. The Morgan fingerprint density at radius 3 is 2.47 bits per heavy atom. The van der Waals surface area contributed by atoms with Gasteiger partial charge in [-0.1, -0.05) is 0 Å². The molecule has 0 aliphatic carbocycles. The van der Waals surface area contributed by atoms with E-state index in [1.165, 1.54) is 6.92 Å². The van der Waals surface area contributed by atoms with Crippen molar-refractivity contribution in [2.45, 2.75) is 26.7 Å². The number of esters is 1. The van der Waals surface area contributed by atoms with E-state index in [1.807, 2.05) is 6.07 Å². The standard InChI is InChI=1S/C12H18N2O3/c1-3-17-12(16)11(8-13)10-4-6-14(7-5-10)9(2)15/h10-11H,3-7H2,1-2H3. The minimum atomic E-state index is -0.691. The van der Waals surface area contributed by atoms with Crippen LogP contribution in [0.25, 0.3) is 0 Å². The number of likely N-dealkylation sites (tertiary alicyclic amines) is 1. The van der Waals surface area contributed by atoms with E-state index < -0.39 is 11.9 Å². The summed E-state index contributed by atoms with van der Waals surface area (Å²) in [7, 11) is 0. The van der Waals surface area contributed by atoms with Crippen molar-refractivity contribution in [1.82, 2.24) is 4.90 Å². The molecule has 0 N–H and O–H groups in total. The van der Waals surface area contributed by atoms with E-state index in [-0.39, 0.29) is 11.8 Å². The van der Waals surface area contributed by atoms with Gasteiger partial charge in [0.1, 0.15) is 5.92 Å². The largest absolute Gasteiger partial charge is 0.465 e. The van der Waals surface area contributed by atoms with Gasteiger partial charge in [-0.2, -0.15) is 5.26 Å². The molecule has 1 saturated heterocycles. The molecule has 1 atom stereocenters. The highest BCUT2D eigenvalue weighted by Crippen LogP contribution is 2.25. The molecule has 1 aliphatic heterocycles. The second-order valence-corrected chi connectivity index (χ2v) is 4.20. The average Bonchev–Trinajstić information content (AvgIpc) is 2.31. The minimum Gasteiger partial charge on any atom is -0.465 e. The number of piperidine rings is 1. The highest BCUT2D eigenvalue weighted by molar-refractivity contribution is 5.76. The summed E-state index contributed by atoms with van der Waals surface area (Å²) in [5.41, 5.74) is 0. The predicted molar refractivity (Wildman–Crippen MR) is 60.7 cm³/mol. The molecule has 0 spiro atoms. The van der Waals surface area contributed by atoms with Crippen molar-refractivity contribution in [2.75, 3.05) is 19.7 Å². The summed E-state index contributed by atoms with van der Waals surface area (Å²) >= 11 is 0. The molecule has 0 bridgehead atoms. The maximum absolute atomic E-state index is 11.6. The van der Waals surface area contributed by atoms with Crippen LogP contribution in [0.3, 0.4) is 0 Å². The maximum Gasteiger partial charge on any atom is 0.323 e. The average molecular weight is 238 g/mol. The molecule has 94 valence electrons. The van der Waals surface area contributed by atoms with Crippen molar-refractivity contribution in [3.8, 4) is 6.07 Å². The van der Waals surface area contributed by atoms with Crippen molar-refractivity contribution in [2.24, 2.45) is 11.8 Å². The summed E-state index contributed by atoms with van der Waals surface area (Å²) in [6, 6.07) is 2.02. The molecule has 1 aliphatic rings. The number of amides is 1. The molecule has 0 aromatic heterocycles. The lowest BCUT2D eigenvalue weighted by molar-refractivity contribution is -0.148. The number of rotatable bonds is 3. The Kier molecular flexibility index (Phi) is 4.95. The van der Waals surface area contributed by atoms with Gasteiger partial charge in [-0.15, -0.1) is 0 Å². The smallest absolute Gasteiger partial charge is 0.323 e. The van der Waals surface area contributed by atoms with Gasteiger partial charge in [-0.05, 0) is 25.7 Å². The number of ether oxygens (including phenoxy) is 1. The molecular formula is C12H18N2O3. The number of carbonyl (C=O) groups excluding carboxylic acids is 2. The monoisotopic (exact) mass is 238 g/mol. The SMILES string of the molecule is CCOC(=O)C(C#N)C1CCN(C(C)=O)CC1. The number of hydrogen-bond donors (Lipinski definition) is 0. The Hall–Kier alpha value is -1.57. The van der Waals surface area contributed by atoms with Gasteiger partial charge in [-0.25, -0.2) is 0 Å². The minimum absolute atomic E-state index is 0.00894. The Labute approximate surface area is 101 Å². The van der Waals surface area contributed by atoms with Crippen LogP contribution in [-0.2, 0) is 14.3 Å². The van der Waals surface area contributed by atoms with Gasteiger partial charge in [-0.3, -0.25) is 9.59 Å². The first-order chi connectivity index (χ1) is 8.10. The molecule has 1 heterocycles. The van der Waals surface area contributed by atoms with Crippen LogP contribution in [0.2, 0.25) is 0 Å². The van der Waals surface area contributed by atoms with Gasteiger partial charge in [0.05, 0.1) is 12.7 Å². The molecule has 1 amide bonds. The van der Waals surface area contributed by atoms with E-state index in [4.69, 9.17) is 10.00 Å². The zero-order valence-corrected chi connectivity index (χ0v) is 10.3. The summed E-state index contributed by atoms with van der Waals surface area (Å²) < 4.78 is 4.88. The Morgan fingerprint density at radius 1 is 1.47 bits per heavy atom. The quantitative estimate of drug-likeness (QED) is 0.686. The Bertz CT molecular complexity index is 327. The topological polar surface area (TPSA) is 70.4 Å². The molecule has 5 heteroatoms. The fourth-order valence-corrected chi connectivity index (χ4v) is 2.13. The fraction of sp³-hybridized carbons (Fsp3) is 0.750. The fourth-order valence-electron chi connectivity index (χ4n) is 2.13. The van der Waals surface area contributed by atoms with Gasteiger partial charge in [0.15, 0.2) is 0 Å². The lowest BCUT2D eigenvalue weighted by Gasteiger charge is -2.32. The van der Waals surface area contributed by atoms with Crippen molar-refractivity contribution >= 4 is 11.9 Å². The summed E-state index contributed by atoms with van der Waals surface area (Å²) in [4.78, 5) is 24.5. The van der Waals surface area contributed by atoms with Crippen LogP contribution >= 0.6 is 0 Å². The van der Waals surface area contributed by atoms with Gasteiger partial charge in [0.2, 0.25) is 5.91 Å². The van der Waals surface area contributed by atoms with Crippen molar-refractivity contribution in [1.29, 1.82) is 5.26 Å². The number of nitriles is 1. The second-order valence-electron chi connectivity index (χ2n) is 4.20. The molecule has 0 aromatic carbocycles. The van der Waals surface area contributed by atoms with Crippen LogP contribution in [0.5, 0.6) is 0 Å². The highest BCUT2D eigenvalue weighted by Gasteiger charge is 2.32. The van der Waals surface area contributed by atoms with Crippen LogP contribution in [-0.4, -0.2) is 36.5 Å². The summed E-state index contributed by atoms with van der Waals surface area (Å²) in [6.07, 6.45) is 1.38. The van der Waals surface area contributed by atoms with Gasteiger partial charge >= 0.3 is 5.97 Å². The van der Waals surface area contributed by atoms with Crippen LogP contribution in [0.1, 0.15) is 26.7 Å². The molecule has 17 heavy (non-hydrogen) atoms. The van der Waals surface area contributed by atoms with E-state index in [9.17, 15) is 9.59 Å². The van der Waals surface area contributed by atoms with E-state index in [0.717, 1.165) is 0 Å². The van der Waals surface area contributed by atoms with Gasteiger partial charge in [0, 0.05) is 20.0 Å². The van der Waals surface area contributed by atoms with Crippen LogP contribution in [0.4, 0.5) is 0 Å². The van der Waals surface area contributed by atoms with Crippen LogP contribution in [0, 0.1) is 23.2 Å². The van der Waals surface area contributed by atoms with Crippen LogP contribution in [0.15, 0.2) is 0 Å². The van der Waals surface area contributed by atoms with E-state index in [2.05, 4.69) is 0 Å². The molecular weight excluding hydrogens is 220 g/mol. The number of nitrogens with zero attached hydrogens (tertiary/aromatic N) is 2. The van der Waals surface area contributed by atoms with Gasteiger partial charge < -0.3 is 9.64 Å². The third-order valence-corrected chi connectivity index (χ3v) is 3.14. The first kappa shape index (κ1) is 13.5. The van der Waals surface area contributed by atoms with E-state index >= 15 is 0 Å². The van der Waals surface area contributed by atoms with Crippen molar-refractivity contribution in [3.63, 3.8) is 0 Å². The third-order valence-electron chi connectivity index (χ3n) is 3.14. The zero-order chi connectivity index (χ0) is 12.8. The molecule has 1 fully saturated rings. The zero-order valence-electron chi connectivity index (χ0n) is 10.3. The van der Waals surface area contributed by atoms with E-state index in [1.54, 1.807) is 11.8 Å². The normalized spacial score (nSPS) is 18.3.